The first-order chi connectivity index (χ1) is 13.3. The summed E-state index contributed by atoms with van der Waals surface area (Å²) in [5, 5.41) is 0. The molecule has 0 aromatic heterocycles. The number of hydrogen-bond donors (Lipinski definition) is 0. The van der Waals surface area contributed by atoms with E-state index >= 15 is 0 Å². The molecule has 0 unspecified atom stereocenters. The molecule has 0 spiro atoms. The van der Waals surface area contributed by atoms with Crippen molar-refractivity contribution in [1.82, 2.24) is 0 Å². The lowest BCUT2D eigenvalue weighted by molar-refractivity contribution is 0.151. The molecular weight excluding hydrogens is 324 g/mol. The van der Waals surface area contributed by atoms with Crippen LogP contribution in [-0.4, -0.2) is 0 Å². The zero-order valence-corrected chi connectivity index (χ0v) is 18.4. The quantitative estimate of drug-likeness (QED) is 0.393. The molecular formula is C27H46. The van der Waals surface area contributed by atoms with Crippen molar-refractivity contribution in [3.63, 3.8) is 0 Å². The Morgan fingerprint density at radius 1 is 0.593 bits per heavy atom. The van der Waals surface area contributed by atoms with Gasteiger partial charge < -0.3 is 0 Å². The second-order valence-corrected chi connectivity index (χ2v) is 10.2. The molecule has 3 aliphatic carbocycles. The highest BCUT2D eigenvalue weighted by molar-refractivity contribution is 4.98. The first kappa shape index (κ1) is 21.2. The molecule has 0 N–H and O–H groups in total. The lowest BCUT2D eigenvalue weighted by atomic mass is 9.68. The molecule has 0 heterocycles. The van der Waals surface area contributed by atoms with Gasteiger partial charge in [-0.05, 0) is 107 Å². The molecule has 0 nitrogen and oxygen atoms in total. The lowest BCUT2D eigenvalue weighted by Crippen LogP contribution is -2.25. The SMILES string of the molecule is C/C=C/C1CCC(/C=C/C2CCC(C3CCC(CCCC)CC3)CC2)CC1. The third kappa shape index (κ3) is 6.79. The van der Waals surface area contributed by atoms with Crippen LogP contribution in [0.3, 0.4) is 0 Å². The van der Waals surface area contributed by atoms with E-state index in [9.17, 15) is 0 Å². The summed E-state index contributed by atoms with van der Waals surface area (Å²) in [7, 11) is 0. The third-order valence-electron chi connectivity index (χ3n) is 8.28. The molecule has 0 aromatic carbocycles. The van der Waals surface area contributed by atoms with Crippen LogP contribution in [0.15, 0.2) is 24.3 Å². The van der Waals surface area contributed by atoms with Gasteiger partial charge in [0.15, 0.2) is 0 Å². The summed E-state index contributed by atoms with van der Waals surface area (Å²) in [6.07, 6.45) is 32.1. The molecule has 0 amide bonds. The fraction of sp³-hybridized carbons (Fsp3) is 0.852. The van der Waals surface area contributed by atoms with Crippen LogP contribution in [0.1, 0.15) is 110 Å². The van der Waals surface area contributed by atoms with Crippen molar-refractivity contribution >= 4 is 0 Å². The topological polar surface area (TPSA) is 0 Å². The Morgan fingerprint density at radius 2 is 1.04 bits per heavy atom. The molecule has 0 aromatic rings. The molecule has 3 fully saturated rings. The molecule has 3 saturated carbocycles. The van der Waals surface area contributed by atoms with Crippen LogP contribution >= 0.6 is 0 Å². The maximum Gasteiger partial charge on any atom is -0.0233 e. The van der Waals surface area contributed by atoms with Crippen LogP contribution in [0.25, 0.3) is 0 Å². The normalized spacial score (nSPS) is 38.6. The van der Waals surface area contributed by atoms with Crippen molar-refractivity contribution in [3.8, 4) is 0 Å². The van der Waals surface area contributed by atoms with E-state index < -0.39 is 0 Å². The van der Waals surface area contributed by atoms with Gasteiger partial charge in [0, 0.05) is 0 Å². The Hall–Kier alpha value is -0.520. The summed E-state index contributed by atoms with van der Waals surface area (Å²) in [6.45, 7) is 4.51. The van der Waals surface area contributed by atoms with Crippen molar-refractivity contribution in [2.75, 3.05) is 0 Å². The molecule has 0 radical (unpaired) electrons. The van der Waals surface area contributed by atoms with E-state index in [0.717, 1.165) is 35.5 Å². The van der Waals surface area contributed by atoms with Gasteiger partial charge in [0.05, 0.1) is 0 Å². The minimum atomic E-state index is 0.868. The Labute approximate surface area is 170 Å². The van der Waals surface area contributed by atoms with Gasteiger partial charge in [0.1, 0.15) is 0 Å². The first-order valence-electron chi connectivity index (χ1n) is 12.6. The summed E-state index contributed by atoms with van der Waals surface area (Å²) in [5.41, 5.74) is 0. The number of allylic oxidation sites excluding steroid dienone is 4. The van der Waals surface area contributed by atoms with E-state index in [1.807, 2.05) is 0 Å². The van der Waals surface area contributed by atoms with E-state index in [-0.39, 0.29) is 0 Å². The molecule has 27 heavy (non-hydrogen) atoms. The van der Waals surface area contributed by atoms with Crippen molar-refractivity contribution in [1.29, 1.82) is 0 Å². The van der Waals surface area contributed by atoms with E-state index in [1.165, 1.54) is 70.6 Å². The number of hydrogen-bond acceptors (Lipinski definition) is 0. The smallest absolute Gasteiger partial charge is 0.0233 e. The standard InChI is InChI=1S/C27H46/c1-3-5-7-23-14-18-26(19-15-23)27-20-16-25(17-21-27)13-12-24-10-8-22(6-4-2)9-11-24/h4,6,12-13,22-27H,3,5,7-11,14-21H2,1-2H3/b6-4+,13-12+. The predicted molar refractivity (Wildman–Crippen MR) is 120 cm³/mol. The summed E-state index contributed by atoms with van der Waals surface area (Å²) in [6, 6.07) is 0. The Kier molecular flexibility index (Phi) is 9.01. The molecule has 0 aliphatic heterocycles. The van der Waals surface area contributed by atoms with E-state index in [1.54, 1.807) is 25.7 Å². The predicted octanol–water partition coefficient (Wildman–Crippen LogP) is 8.73. The zero-order valence-electron chi connectivity index (χ0n) is 18.4. The lowest BCUT2D eigenvalue weighted by Gasteiger charge is -2.37. The van der Waals surface area contributed by atoms with Crippen LogP contribution in [0.5, 0.6) is 0 Å². The van der Waals surface area contributed by atoms with Gasteiger partial charge in [-0.2, -0.15) is 0 Å². The van der Waals surface area contributed by atoms with Crippen molar-refractivity contribution < 1.29 is 0 Å². The van der Waals surface area contributed by atoms with Gasteiger partial charge in [-0.1, -0.05) is 63.3 Å². The van der Waals surface area contributed by atoms with Crippen molar-refractivity contribution in [2.24, 2.45) is 35.5 Å². The van der Waals surface area contributed by atoms with Gasteiger partial charge in [-0.3, -0.25) is 0 Å². The van der Waals surface area contributed by atoms with Gasteiger partial charge in [-0.25, -0.2) is 0 Å². The van der Waals surface area contributed by atoms with Gasteiger partial charge in [0.2, 0.25) is 0 Å². The molecule has 154 valence electrons. The van der Waals surface area contributed by atoms with E-state index in [4.69, 9.17) is 0 Å². The Morgan fingerprint density at radius 3 is 1.52 bits per heavy atom. The van der Waals surface area contributed by atoms with Gasteiger partial charge >= 0.3 is 0 Å². The van der Waals surface area contributed by atoms with Gasteiger partial charge in [0.25, 0.3) is 0 Å². The largest absolute Gasteiger partial charge is 0.0914 e. The van der Waals surface area contributed by atoms with Crippen LogP contribution in [-0.2, 0) is 0 Å². The maximum atomic E-state index is 2.64. The average molecular weight is 371 g/mol. The fourth-order valence-electron chi connectivity index (χ4n) is 6.37. The monoisotopic (exact) mass is 370 g/mol. The van der Waals surface area contributed by atoms with E-state index in [2.05, 4.69) is 38.2 Å². The maximum absolute atomic E-state index is 2.64. The minimum absolute atomic E-state index is 0.868. The summed E-state index contributed by atoms with van der Waals surface area (Å²) in [4.78, 5) is 0. The van der Waals surface area contributed by atoms with Crippen LogP contribution < -0.4 is 0 Å². The second kappa shape index (κ2) is 11.5. The minimum Gasteiger partial charge on any atom is -0.0914 e. The van der Waals surface area contributed by atoms with Crippen LogP contribution in [0, 0.1) is 35.5 Å². The molecule has 3 aliphatic rings. The summed E-state index contributed by atoms with van der Waals surface area (Å²) >= 11 is 0. The van der Waals surface area contributed by atoms with Crippen LogP contribution in [0.4, 0.5) is 0 Å². The molecule has 0 bridgehead atoms. The Balaban J connectivity index is 1.32. The average Bonchev–Trinajstić information content (AvgIpc) is 2.73. The highest BCUT2D eigenvalue weighted by atomic mass is 14.4. The van der Waals surface area contributed by atoms with Gasteiger partial charge in [-0.15, -0.1) is 0 Å². The third-order valence-corrected chi connectivity index (χ3v) is 8.28. The summed E-state index contributed by atoms with van der Waals surface area (Å²) in [5.74, 6) is 5.86. The number of unbranched alkanes of at least 4 members (excludes halogenated alkanes) is 1. The van der Waals surface area contributed by atoms with Crippen molar-refractivity contribution in [2.45, 2.75) is 110 Å². The second-order valence-electron chi connectivity index (χ2n) is 10.2. The number of rotatable bonds is 7. The highest BCUT2D eigenvalue weighted by Gasteiger charge is 2.30. The zero-order chi connectivity index (χ0) is 18.9. The molecule has 0 heteroatoms. The Bertz CT molecular complexity index is 435. The molecule has 0 saturated heterocycles. The molecule has 3 rings (SSSR count). The van der Waals surface area contributed by atoms with Crippen LogP contribution in [0.2, 0.25) is 0 Å². The fourth-order valence-corrected chi connectivity index (χ4v) is 6.37. The van der Waals surface area contributed by atoms with Crippen molar-refractivity contribution in [3.05, 3.63) is 24.3 Å². The first-order valence-corrected chi connectivity index (χ1v) is 12.6. The van der Waals surface area contributed by atoms with E-state index in [0.29, 0.717) is 0 Å². The molecule has 0 atom stereocenters. The highest BCUT2D eigenvalue weighted by Crippen LogP contribution is 2.42. The summed E-state index contributed by atoms with van der Waals surface area (Å²) < 4.78 is 0.